The lowest BCUT2D eigenvalue weighted by Crippen LogP contribution is -2.36. The van der Waals surface area contributed by atoms with Gasteiger partial charge >= 0.3 is 0 Å². The molecule has 2 N–H and O–H groups in total. The van der Waals surface area contributed by atoms with Crippen LogP contribution < -0.4 is 10.6 Å². The Labute approximate surface area is 137 Å². The van der Waals surface area contributed by atoms with Gasteiger partial charge in [0.25, 0.3) is 0 Å². The van der Waals surface area contributed by atoms with E-state index < -0.39 is 0 Å². The first kappa shape index (κ1) is 16.5. The summed E-state index contributed by atoms with van der Waals surface area (Å²) in [6, 6.07) is 4.75. The molecule has 0 saturated carbocycles. The van der Waals surface area contributed by atoms with Crippen LogP contribution in [0.1, 0.15) is 22.9 Å². The number of nitrogens with zero attached hydrogens (tertiary/aromatic N) is 2. The molecule has 0 spiro atoms. The highest BCUT2D eigenvalue weighted by molar-refractivity contribution is 9.10. The van der Waals surface area contributed by atoms with E-state index in [0.29, 0.717) is 29.4 Å². The summed E-state index contributed by atoms with van der Waals surface area (Å²) in [5, 5.41) is 6.22. The molecule has 1 heterocycles. The Morgan fingerprint density at radius 2 is 2.00 bits per heavy atom. The summed E-state index contributed by atoms with van der Waals surface area (Å²) in [6.07, 6.45) is 0. The van der Waals surface area contributed by atoms with Crippen LogP contribution in [-0.2, 0) is 13.1 Å². The number of hydrogen-bond acceptors (Lipinski definition) is 3. The molecule has 0 aliphatic rings. The number of guanidine groups is 1. The number of hydrogen-bond donors (Lipinski definition) is 2. The molecular formula is C15H18BrFN4O. The van der Waals surface area contributed by atoms with E-state index in [9.17, 15) is 4.39 Å². The standard InChI is InChI=1S/C15H18BrFN4O/c1-9-10(2)22-14(21-9)8-20-15(18-3)19-7-11-4-12(16)6-13(17)5-11/h4-6H,7-8H2,1-3H3,(H2,18,19,20). The fourth-order valence-corrected chi connectivity index (χ4v) is 2.41. The molecule has 1 aromatic carbocycles. The zero-order chi connectivity index (χ0) is 16.1. The van der Waals surface area contributed by atoms with E-state index in [2.05, 4.69) is 36.5 Å². The molecule has 1 aromatic heterocycles. The van der Waals surface area contributed by atoms with E-state index in [0.717, 1.165) is 17.0 Å². The molecule has 0 unspecified atom stereocenters. The lowest BCUT2D eigenvalue weighted by Gasteiger charge is -2.11. The molecule has 2 aromatic rings. The van der Waals surface area contributed by atoms with Gasteiger partial charge in [0.15, 0.2) is 5.96 Å². The van der Waals surface area contributed by atoms with Crippen LogP contribution in [0, 0.1) is 19.7 Å². The average Bonchev–Trinajstić information content (AvgIpc) is 2.77. The molecule has 2 rings (SSSR count). The molecule has 7 heteroatoms. The van der Waals surface area contributed by atoms with Crippen molar-refractivity contribution in [1.82, 2.24) is 15.6 Å². The van der Waals surface area contributed by atoms with E-state index in [1.165, 1.54) is 12.1 Å². The molecule has 0 fully saturated rings. The van der Waals surface area contributed by atoms with Gasteiger partial charge in [-0.05, 0) is 37.6 Å². The molecule has 22 heavy (non-hydrogen) atoms. The third kappa shape index (κ3) is 4.56. The number of benzene rings is 1. The van der Waals surface area contributed by atoms with Gasteiger partial charge in [-0.1, -0.05) is 15.9 Å². The van der Waals surface area contributed by atoms with Crippen molar-refractivity contribution in [3.63, 3.8) is 0 Å². The van der Waals surface area contributed by atoms with Gasteiger partial charge in [0, 0.05) is 18.1 Å². The molecular weight excluding hydrogens is 351 g/mol. The van der Waals surface area contributed by atoms with Crippen molar-refractivity contribution in [1.29, 1.82) is 0 Å². The molecule has 0 atom stereocenters. The number of aliphatic imine (C=N–C) groups is 1. The summed E-state index contributed by atoms with van der Waals surface area (Å²) in [5.41, 5.74) is 1.70. The maximum Gasteiger partial charge on any atom is 0.214 e. The Kier molecular flexibility index (Phi) is 5.54. The van der Waals surface area contributed by atoms with Crippen molar-refractivity contribution in [3.05, 3.63) is 51.4 Å². The predicted molar refractivity (Wildman–Crippen MR) is 87.1 cm³/mol. The van der Waals surface area contributed by atoms with Crippen LogP contribution in [0.2, 0.25) is 0 Å². The first-order chi connectivity index (χ1) is 10.5. The van der Waals surface area contributed by atoms with Crippen LogP contribution >= 0.6 is 15.9 Å². The van der Waals surface area contributed by atoms with Gasteiger partial charge in [-0.3, -0.25) is 4.99 Å². The fourth-order valence-electron chi connectivity index (χ4n) is 1.89. The highest BCUT2D eigenvalue weighted by atomic mass is 79.9. The largest absolute Gasteiger partial charge is 0.444 e. The fraction of sp³-hybridized carbons (Fsp3) is 0.333. The number of aryl methyl sites for hydroxylation is 2. The molecule has 0 aliphatic heterocycles. The Morgan fingerprint density at radius 3 is 2.59 bits per heavy atom. The van der Waals surface area contributed by atoms with E-state index in [-0.39, 0.29) is 5.82 Å². The molecule has 0 saturated heterocycles. The van der Waals surface area contributed by atoms with Crippen molar-refractivity contribution in [2.75, 3.05) is 7.05 Å². The molecule has 0 amide bonds. The summed E-state index contributed by atoms with van der Waals surface area (Å²) in [4.78, 5) is 8.40. The van der Waals surface area contributed by atoms with E-state index in [1.807, 2.05) is 19.9 Å². The van der Waals surface area contributed by atoms with Gasteiger partial charge in [-0.25, -0.2) is 9.37 Å². The molecule has 0 radical (unpaired) electrons. The highest BCUT2D eigenvalue weighted by Gasteiger charge is 2.06. The minimum Gasteiger partial charge on any atom is -0.444 e. The Hall–Kier alpha value is -1.89. The number of nitrogens with one attached hydrogen (secondary N) is 2. The lowest BCUT2D eigenvalue weighted by atomic mass is 10.2. The summed E-state index contributed by atoms with van der Waals surface area (Å²) in [6.45, 7) is 4.67. The predicted octanol–water partition coefficient (Wildman–Crippen LogP) is 3.06. The maximum atomic E-state index is 13.3. The van der Waals surface area contributed by atoms with E-state index in [4.69, 9.17) is 4.42 Å². The van der Waals surface area contributed by atoms with Crippen LogP contribution in [0.3, 0.4) is 0 Å². The van der Waals surface area contributed by atoms with E-state index >= 15 is 0 Å². The van der Waals surface area contributed by atoms with Crippen molar-refractivity contribution in [3.8, 4) is 0 Å². The van der Waals surface area contributed by atoms with Gasteiger partial charge in [0.2, 0.25) is 5.89 Å². The van der Waals surface area contributed by atoms with Crippen molar-refractivity contribution in [2.24, 2.45) is 4.99 Å². The molecule has 0 bridgehead atoms. The number of rotatable bonds is 4. The number of oxazole rings is 1. The van der Waals surface area contributed by atoms with Crippen LogP contribution in [-0.4, -0.2) is 18.0 Å². The van der Waals surface area contributed by atoms with Gasteiger partial charge in [-0.15, -0.1) is 0 Å². The minimum atomic E-state index is -0.278. The van der Waals surface area contributed by atoms with Gasteiger partial charge in [0.1, 0.15) is 11.6 Å². The second kappa shape index (κ2) is 7.40. The highest BCUT2D eigenvalue weighted by Crippen LogP contribution is 2.14. The second-order valence-electron chi connectivity index (χ2n) is 4.81. The minimum absolute atomic E-state index is 0.278. The lowest BCUT2D eigenvalue weighted by molar-refractivity contribution is 0.463. The summed E-state index contributed by atoms with van der Waals surface area (Å²) in [7, 11) is 1.67. The first-order valence-corrected chi connectivity index (χ1v) is 7.59. The van der Waals surface area contributed by atoms with Crippen LogP contribution in [0.4, 0.5) is 4.39 Å². The molecule has 118 valence electrons. The molecule has 0 aliphatic carbocycles. The number of halogens is 2. The van der Waals surface area contributed by atoms with Crippen molar-refractivity contribution in [2.45, 2.75) is 26.9 Å². The van der Waals surface area contributed by atoms with Crippen LogP contribution in [0.5, 0.6) is 0 Å². The Bertz CT molecular complexity index is 644. The van der Waals surface area contributed by atoms with E-state index in [1.54, 1.807) is 7.05 Å². The maximum absolute atomic E-state index is 13.3. The van der Waals surface area contributed by atoms with Crippen molar-refractivity contribution < 1.29 is 8.81 Å². The zero-order valence-corrected chi connectivity index (χ0v) is 14.3. The zero-order valence-electron chi connectivity index (χ0n) is 12.7. The van der Waals surface area contributed by atoms with Crippen LogP contribution in [0.25, 0.3) is 0 Å². The van der Waals surface area contributed by atoms with Gasteiger partial charge in [-0.2, -0.15) is 0 Å². The van der Waals surface area contributed by atoms with Crippen molar-refractivity contribution >= 4 is 21.9 Å². The average molecular weight is 369 g/mol. The summed E-state index contributed by atoms with van der Waals surface area (Å²) < 4.78 is 19.5. The summed E-state index contributed by atoms with van der Waals surface area (Å²) >= 11 is 3.27. The number of aromatic nitrogens is 1. The Morgan fingerprint density at radius 1 is 1.27 bits per heavy atom. The van der Waals surface area contributed by atoms with Crippen LogP contribution in [0.15, 0.2) is 32.1 Å². The quantitative estimate of drug-likeness (QED) is 0.642. The van der Waals surface area contributed by atoms with Gasteiger partial charge in [0.05, 0.1) is 12.2 Å². The first-order valence-electron chi connectivity index (χ1n) is 6.80. The monoisotopic (exact) mass is 368 g/mol. The second-order valence-corrected chi connectivity index (χ2v) is 5.72. The Balaban J connectivity index is 1.89. The van der Waals surface area contributed by atoms with Gasteiger partial charge < -0.3 is 15.1 Å². The third-order valence-corrected chi connectivity index (χ3v) is 3.54. The molecule has 5 nitrogen and oxygen atoms in total. The normalized spacial score (nSPS) is 11.6. The SMILES string of the molecule is CN=C(NCc1cc(F)cc(Br)c1)NCc1nc(C)c(C)o1. The summed E-state index contributed by atoms with van der Waals surface area (Å²) in [5.74, 6) is 1.73. The smallest absolute Gasteiger partial charge is 0.214 e. The topological polar surface area (TPSA) is 62.5 Å². The third-order valence-electron chi connectivity index (χ3n) is 3.09.